The Kier molecular flexibility index (Phi) is 3.43. The highest BCUT2D eigenvalue weighted by molar-refractivity contribution is 5.95. The van der Waals surface area contributed by atoms with Gasteiger partial charge in [0.2, 0.25) is 0 Å². The molecule has 0 aliphatic rings. The Bertz CT molecular complexity index is 824. The molecule has 0 fully saturated rings. The highest BCUT2D eigenvalue weighted by Gasteiger charge is 2.13. The minimum Gasteiger partial charge on any atom is -0.294 e. The van der Waals surface area contributed by atoms with Gasteiger partial charge in [-0.05, 0) is 12.1 Å². The number of halogens is 2. The van der Waals surface area contributed by atoms with Gasteiger partial charge >= 0.3 is 0 Å². The second-order valence-electron chi connectivity index (χ2n) is 4.55. The number of hydrogen-bond acceptors (Lipinski definition) is 3. The Morgan fingerprint density at radius 1 is 1.29 bits per heavy atom. The van der Waals surface area contributed by atoms with Gasteiger partial charge in [-0.25, -0.2) is 18.4 Å². The van der Waals surface area contributed by atoms with Gasteiger partial charge in [-0.15, -0.1) is 0 Å². The molecule has 106 valence electrons. The van der Waals surface area contributed by atoms with Crippen molar-refractivity contribution in [2.24, 2.45) is 4.99 Å². The zero-order valence-electron chi connectivity index (χ0n) is 11.3. The third-order valence-corrected chi connectivity index (χ3v) is 3.11. The SMILES string of the molecule is C/N=C/c1nn(Cc2ccccc2F)c2ncc(F)cc12. The third-order valence-electron chi connectivity index (χ3n) is 3.11. The standard InChI is InChI=1S/C15H12F2N4/c1-18-8-14-12-6-11(16)7-19-15(12)21(20-14)9-10-4-2-3-5-13(10)17/h2-8H,9H2,1H3/b18-8+. The average molecular weight is 286 g/mol. The number of aliphatic imine (C=N–C) groups is 1. The van der Waals surface area contributed by atoms with E-state index < -0.39 is 5.82 Å². The van der Waals surface area contributed by atoms with Gasteiger partial charge in [0.15, 0.2) is 5.65 Å². The molecule has 2 aromatic heterocycles. The summed E-state index contributed by atoms with van der Waals surface area (Å²) in [5, 5.41) is 4.88. The Balaban J connectivity index is 2.13. The molecule has 0 saturated heterocycles. The van der Waals surface area contributed by atoms with E-state index in [0.29, 0.717) is 22.3 Å². The van der Waals surface area contributed by atoms with Crippen LogP contribution in [0.25, 0.3) is 11.0 Å². The van der Waals surface area contributed by atoms with Crippen molar-refractivity contribution in [3.8, 4) is 0 Å². The van der Waals surface area contributed by atoms with E-state index in [2.05, 4.69) is 15.1 Å². The molecule has 0 unspecified atom stereocenters. The van der Waals surface area contributed by atoms with Gasteiger partial charge in [-0.2, -0.15) is 5.10 Å². The van der Waals surface area contributed by atoms with E-state index in [0.717, 1.165) is 6.20 Å². The van der Waals surface area contributed by atoms with Gasteiger partial charge in [0.05, 0.1) is 18.1 Å². The minimum atomic E-state index is -0.446. The number of rotatable bonds is 3. The number of nitrogens with zero attached hydrogens (tertiary/aromatic N) is 4. The maximum Gasteiger partial charge on any atom is 0.158 e. The van der Waals surface area contributed by atoms with Crippen LogP contribution in [0.3, 0.4) is 0 Å². The molecule has 4 nitrogen and oxygen atoms in total. The van der Waals surface area contributed by atoms with Crippen LogP contribution in [0.15, 0.2) is 41.5 Å². The molecule has 0 aliphatic heterocycles. The van der Waals surface area contributed by atoms with Crippen molar-refractivity contribution >= 4 is 17.2 Å². The molecule has 1 aromatic carbocycles. The van der Waals surface area contributed by atoms with E-state index in [1.54, 1.807) is 29.9 Å². The lowest BCUT2D eigenvalue weighted by molar-refractivity contribution is 0.588. The predicted molar refractivity (Wildman–Crippen MR) is 76.5 cm³/mol. The molecule has 0 N–H and O–H groups in total. The van der Waals surface area contributed by atoms with Crippen molar-refractivity contribution in [2.75, 3.05) is 7.05 Å². The van der Waals surface area contributed by atoms with Crippen molar-refractivity contribution in [3.63, 3.8) is 0 Å². The van der Waals surface area contributed by atoms with Crippen LogP contribution in [0.4, 0.5) is 8.78 Å². The van der Waals surface area contributed by atoms with Crippen molar-refractivity contribution in [1.82, 2.24) is 14.8 Å². The van der Waals surface area contributed by atoms with Crippen LogP contribution in [0.1, 0.15) is 11.3 Å². The van der Waals surface area contributed by atoms with Crippen LogP contribution < -0.4 is 0 Å². The van der Waals surface area contributed by atoms with E-state index >= 15 is 0 Å². The molecule has 0 atom stereocenters. The highest BCUT2D eigenvalue weighted by Crippen LogP contribution is 2.18. The molecule has 0 radical (unpaired) electrons. The summed E-state index contributed by atoms with van der Waals surface area (Å²) >= 11 is 0. The van der Waals surface area contributed by atoms with E-state index in [1.807, 2.05) is 0 Å². The second-order valence-corrected chi connectivity index (χ2v) is 4.55. The monoisotopic (exact) mass is 286 g/mol. The molecular formula is C15H12F2N4. The maximum atomic E-state index is 13.7. The largest absolute Gasteiger partial charge is 0.294 e. The van der Waals surface area contributed by atoms with Gasteiger partial charge in [-0.3, -0.25) is 4.99 Å². The zero-order valence-corrected chi connectivity index (χ0v) is 11.3. The Labute approximate surface area is 119 Å². The van der Waals surface area contributed by atoms with Gasteiger partial charge in [-0.1, -0.05) is 18.2 Å². The van der Waals surface area contributed by atoms with Crippen molar-refractivity contribution in [1.29, 1.82) is 0 Å². The molecule has 21 heavy (non-hydrogen) atoms. The fourth-order valence-corrected chi connectivity index (χ4v) is 2.17. The molecule has 3 rings (SSSR count). The van der Waals surface area contributed by atoms with E-state index in [1.165, 1.54) is 18.3 Å². The first-order valence-corrected chi connectivity index (χ1v) is 6.36. The quantitative estimate of drug-likeness (QED) is 0.695. The van der Waals surface area contributed by atoms with Crippen LogP contribution in [0.5, 0.6) is 0 Å². The molecule has 0 spiro atoms. The van der Waals surface area contributed by atoms with Gasteiger partial charge < -0.3 is 0 Å². The minimum absolute atomic E-state index is 0.222. The zero-order chi connectivity index (χ0) is 14.8. The Morgan fingerprint density at radius 3 is 2.86 bits per heavy atom. The summed E-state index contributed by atoms with van der Waals surface area (Å²) in [5.41, 5.74) is 1.50. The molecule has 2 heterocycles. The molecular weight excluding hydrogens is 274 g/mol. The summed E-state index contributed by atoms with van der Waals surface area (Å²) in [7, 11) is 1.61. The van der Waals surface area contributed by atoms with Crippen LogP contribution in [0.2, 0.25) is 0 Å². The van der Waals surface area contributed by atoms with Crippen molar-refractivity contribution in [2.45, 2.75) is 6.54 Å². The second kappa shape index (κ2) is 5.40. The summed E-state index contributed by atoms with van der Waals surface area (Å²) in [4.78, 5) is 7.95. The highest BCUT2D eigenvalue weighted by atomic mass is 19.1. The number of aromatic nitrogens is 3. The van der Waals surface area contributed by atoms with Gasteiger partial charge in [0.25, 0.3) is 0 Å². The summed E-state index contributed by atoms with van der Waals surface area (Å²) in [6.07, 6.45) is 2.65. The number of fused-ring (bicyclic) bond motifs is 1. The molecule has 0 saturated carbocycles. The van der Waals surface area contributed by atoms with Crippen molar-refractivity contribution in [3.05, 3.63) is 59.4 Å². The van der Waals surface area contributed by atoms with E-state index in [4.69, 9.17) is 0 Å². The smallest absolute Gasteiger partial charge is 0.158 e. The normalized spacial score (nSPS) is 11.6. The number of benzene rings is 1. The predicted octanol–water partition coefficient (Wildman–Crippen LogP) is 2.81. The summed E-state index contributed by atoms with van der Waals surface area (Å²) < 4.78 is 28.6. The lowest BCUT2D eigenvalue weighted by atomic mass is 10.2. The molecule has 0 aliphatic carbocycles. The van der Waals surface area contributed by atoms with Gasteiger partial charge in [0, 0.05) is 18.8 Å². The van der Waals surface area contributed by atoms with Crippen LogP contribution in [-0.2, 0) is 6.54 Å². The first kappa shape index (κ1) is 13.4. The Morgan fingerprint density at radius 2 is 2.10 bits per heavy atom. The number of hydrogen-bond donors (Lipinski definition) is 0. The fourth-order valence-electron chi connectivity index (χ4n) is 2.17. The Hall–Kier alpha value is -2.63. The maximum absolute atomic E-state index is 13.7. The fraction of sp³-hybridized carbons (Fsp3) is 0.133. The molecule has 6 heteroatoms. The molecule has 0 bridgehead atoms. The first-order valence-electron chi connectivity index (χ1n) is 6.36. The summed E-state index contributed by atoms with van der Waals surface area (Å²) in [6, 6.07) is 7.81. The van der Waals surface area contributed by atoms with Crippen LogP contribution >= 0.6 is 0 Å². The number of pyridine rings is 1. The molecule has 3 aromatic rings. The van der Waals surface area contributed by atoms with E-state index in [9.17, 15) is 8.78 Å². The van der Waals surface area contributed by atoms with Gasteiger partial charge in [0.1, 0.15) is 17.3 Å². The molecule has 0 amide bonds. The summed E-state index contributed by atoms with van der Waals surface area (Å²) in [5.74, 6) is -0.757. The van der Waals surface area contributed by atoms with Crippen molar-refractivity contribution < 1.29 is 8.78 Å². The van der Waals surface area contributed by atoms with Crippen LogP contribution in [-0.4, -0.2) is 28.0 Å². The lowest BCUT2D eigenvalue weighted by Gasteiger charge is -2.04. The average Bonchev–Trinajstić information content (AvgIpc) is 2.79. The van der Waals surface area contributed by atoms with E-state index in [-0.39, 0.29) is 12.4 Å². The third kappa shape index (κ3) is 2.52. The van der Waals surface area contributed by atoms with Crippen LogP contribution in [0, 0.1) is 11.6 Å². The first-order chi connectivity index (χ1) is 10.2. The lowest BCUT2D eigenvalue weighted by Crippen LogP contribution is -2.05. The summed E-state index contributed by atoms with van der Waals surface area (Å²) in [6.45, 7) is 0.222. The topological polar surface area (TPSA) is 43.1 Å².